The monoisotopic (exact) mass is 554 g/mol. The normalized spacial score (nSPS) is 12.7. The third kappa shape index (κ3) is 10.9. The summed E-state index contributed by atoms with van der Waals surface area (Å²) in [7, 11) is 0. The Hall–Kier alpha value is -2.97. The lowest BCUT2D eigenvalue weighted by atomic mass is 10.00. The van der Waals surface area contributed by atoms with E-state index in [2.05, 4.69) is 21.1 Å². The highest BCUT2D eigenvalue weighted by atomic mass is 35.5. The van der Waals surface area contributed by atoms with Crippen LogP contribution >= 0.6 is 36.0 Å². The Morgan fingerprint density at radius 3 is 1.49 bits per heavy atom. The maximum atomic E-state index is 12.5. The van der Waals surface area contributed by atoms with E-state index in [0.717, 1.165) is 0 Å². The molecule has 0 aliphatic heterocycles. The van der Waals surface area contributed by atoms with Crippen molar-refractivity contribution in [3.63, 3.8) is 0 Å². The Kier molecular flexibility index (Phi) is 10.2. The summed E-state index contributed by atoms with van der Waals surface area (Å²) in [5.74, 6) is 0. The summed E-state index contributed by atoms with van der Waals surface area (Å²) < 4.78 is 74.8. The molecule has 0 fully saturated rings. The van der Waals surface area contributed by atoms with Gasteiger partial charge in [0.25, 0.3) is 0 Å². The highest BCUT2D eigenvalue weighted by Crippen LogP contribution is 2.15. The van der Waals surface area contributed by atoms with Crippen LogP contribution in [0, 0.1) is 0 Å². The number of rotatable bonds is 7. The number of hydrogen-bond donors (Lipinski definition) is 4. The number of hydrazone groups is 2. The van der Waals surface area contributed by atoms with Crippen molar-refractivity contribution in [3.8, 4) is 0 Å². The lowest BCUT2D eigenvalue weighted by Crippen LogP contribution is -2.40. The van der Waals surface area contributed by atoms with Crippen molar-refractivity contribution >= 4 is 57.7 Å². The van der Waals surface area contributed by atoms with Crippen LogP contribution in [0.2, 0.25) is 5.02 Å². The molecule has 2 rings (SSSR count). The summed E-state index contributed by atoms with van der Waals surface area (Å²) in [5, 5.41) is 11.7. The highest BCUT2D eigenvalue weighted by molar-refractivity contribution is 7.80. The molecule has 0 unspecified atom stereocenters. The number of thiocarbonyl (C=S) groups is 2. The second kappa shape index (κ2) is 12.7. The number of halogens is 7. The van der Waals surface area contributed by atoms with Gasteiger partial charge < -0.3 is 10.6 Å². The van der Waals surface area contributed by atoms with Crippen molar-refractivity contribution in [1.82, 2.24) is 21.5 Å². The van der Waals surface area contributed by atoms with Gasteiger partial charge in [-0.25, -0.2) is 0 Å². The summed E-state index contributed by atoms with van der Waals surface area (Å²) in [6.45, 7) is -2.77. The first-order chi connectivity index (χ1) is 16.3. The van der Waals surface area contributed by atoms with Crippen molar-refractivity contribution in [1.29, 1.82) is 0 Å². The van der Waals surface area contributed by atoms with Gasteiger partial charge in [0.05, 0.1) is 0 Å². The molecule has 6 nitrogen and oxygen atoms in total. The molecule has 15 heteroatoms. The minimum absolute atomic E-state index is 0.0788. The van der Waals surface area contributed by atoms with Gasteiger partial charge in [-0.2, -0.15) is 36.5 Å². The molecular formula is C20H17ClF6N6S2. The van der Waals surface area contributed by atoms with E-state index in [-0.39, 0.29) is 11.4 Å². The topological polar surface area (TPSA) is 72.8 Å². The van der Waals surface area contributed by atoms with Gasteiger partial charge in [-0.05, 0) is 36.6 Å². The van der Waals surface area contributed by atoms with E-state index >= 15 is 0 Å². The summed E-state index contributed by atoms with van der Waals surface area (Å²) >= 11 is 15.6. The molecule has 0 amide bonds. The lowest BCUT2D eigenvalue weighted by Gasteiger charge is -2.15. The molecule has 0 spiro atoms. The molecule has 188 valence electrons. The molecule has 0 saturated heterocycles. The molecule has 0 aliphatic rings. The molecule has 0 aliphatic carbocycles. The molecule has 0 heterocycles. The van der Waals surface area contributed by atoms with Crippen LogP contribution in [0.1, 0.15) is 11.1 Å². The summed E-state index contributed by atoms with van der Waals surface area (Å²) in [6.07, 6.45) is -9.01. The van der Waals surface area contributed by atoms with Crippen molar-refractivity contribution < 1.29 is 26.3 Å². The van der Waals surface area contributed by atoms with E-state index in [1.54, 1.807) is 42.5 Å². The summed E-state index contributed by atoms with van der Waals surface area (Å²) in [4.78, 5) is 0. The van der Waals surface area contributed by atoms with E-state index in [1.165, 1.54) is 12.1 Å². The van der Waals surface area contributed by atoms with E-state index in [4.69, 9.17) is 36.0 Å². The SMILES string of the molecule is FC(F)(F)CNC(=S)N/N=C(/C(=N/NC(=S)NCC(F)(F)F)c1ccc(Cl)cc1)c1ccccc1. The van der Waals surface area contributed by atoms with E-state index in [9.17, 15) is 26.3 Å². The first kappa shape index (κ1) is 28.3. The third-order valence-electron chi connectivity index (χ3n) is 3.83. The van der Waals surface area contributed by atoms with Crippen LogP contribution in [0.25, 0.3) is 0 Å². The van der Waals surface area contributed by atoms with Gasteiger partial charge in [0, 0.05) is 16.1 Å². The zero-order valence-electron chi connectivity index (χ0n) is 17.5. The third-order valence-corrected chi connectivity index (χ3v) is 4.55. The van der Waals surface area contributed by atoms with Crippen LogP contribution in [-0.2, 0) is 0 Å². The van der Waals surface area contributed by atoms with Crippen LogP contribution in [0.5, 0.6) is 0 Å². The maximum Gasteiger partial charge on any atom is 0.405 e. The predicted octanol–water partition coefficient (Wildman–Crippen LogP) is 4.50. The number of alkyl halides is 6. The lowest BCUT2D eigenvalue weighted by molar-refractivity contribution is -0.122. The van der Waals surface area contributed by atoms with Gasteiger partial charge in [0.15, 0.2) is 10.2 Å². The second-order valence-electron chi connectivity index (χ2n) is 6.61. The Morgan fingerprint density at radius 2 is 1.09 bits per heavy atom. The van der Waals surface area contributed by atoms with Gasteiger partial charge >= 0.3 is 12.4 Å². The minimum Gasteiger partial charge on any atom is -0.352 e. The minimum atomic E-state index is -4.51. The fourth-order valence-electron chi connectivity index (χ4n) is 2.37. The van der Waals surface area contributed by atoms with Crippen LogP contribution in [0.15, 0.2) is 64.8 Å². The molecular weight excluding hydrogens is 538 g/mol. The molecule has 2 aromatic rings. The van der Waals surface area contributed by atoms with Crippen LogP contribution in [0.4, 0.5) is 26.3 Å². The Labute approximate surface area is 211 Å². The number of nitrogens with zero attached hydrogens (tertiary/aromatic N) is 2. The first-order valence-electron chi connectivity index (χ1n) is 9.52. The maximum absolute atomic E-state index is 12.5. The fraction of sp³-hybridized carbons (Fsp3) is 0.200. The quantitative estimate of drug-likeness (QED) is 0.175. The smallest absolute Gasteiger partial charge is 0.352 e. The Bertz CT molecular complexity index is 1070. The molecule has 4 N–H and O–H groups in total. The summed E-state index contributed by atoms with van der Waals surface area (Å²) in [5.41, 5.74) is 5.69. The van der Waals surface area contributed by atoms with Gasteiger partial charge in [-0.1, -0.05) is 54.1 Å². The van der Waals surface area contributed by atoms with Crippen LogP contribution < -0.4 is 21.5 Å². The fourth-order valence-corrected chi connectivity index (χ4v) is 2.73. The molecule has 2 aromatic carbocycles. The molecule has 0 saturated carbocycles. The summed E-state index contributed by atoms with van der Waals surface area (Å²) in [6, 6.07) is 14.5. The predicted molar refractivity (Wildman–Crippen MR) is 131 cm³/mol. The Balaban J connectivity index is 2.42. The van der Waals surface area contributed by atoms with Crippen molar-refractivity contribution in [2.75, 3.05) is 13.1 Å². The molecule has 0 atom stereocenters. The molecule has 0 bridgehead atoms. The largest absolute Gasteiger partial charge is 0.405 e. The number of benzene rings is 2. The first-order valence-corrected chi connectivity index (χ1v) is 10.7. The van der Waals surface area contributed by atoms with Crippen LogP contribution in [-0.4, -0.2) is 47.1 Å². The number of nitrogens with one attached hydrogen (secondary N) is 4. The van der Waals surface area contributed by atoms with E-state index in [0.29, 0.717) is 16.1 Å². The zero-order valence-corrected chi connectivity index (χ0v) is 19.9. The van der Waals surface area contributed by atoms with Gasteiger partial charge in [-0.15, -0.1) is 0 Å². The van der Waals surface area contributed by atoms with Crippen molar-refractivity contribution in [2.24, 2.45) is 10.2 Å². The van der Waals surface area contributed by atoms with Gasteiger partial charge in [0.1, 0.15) is 24.5 Å². The average Bonchev–Trinajstić information content (AvgIpc) is 2.79. The van der Waals surface area contributed by atoms with Crippen LogP contribution in [0.3, 0.4) is 0 Å². The van der Waals surface area contributed by atoms with E-state index in [1.807, 2.05) is 10.6 Å². The highest BCUT2D eigenvalue weighted by Gasteiger charge is 2.28. The van der Waals surface area contributed by atoms with E-state index < -0.39 is 35.7 Å². The molecule has 0 radical (unpaired) electrons. The molecule has 35 heavy (non-hydrogen) atoms. The van der Waals surface area contributed by atoms with Crippen molar-refractivity contribution in [2.45, 2.75) is 12.4 Å². The zero-order chi connectivity index (χ0) is 26.1. The molecule has 0 aromatic heterocycles. The van der Waals surface area contributed by atoms with Gasteiger partial charge in [0.2, 0.25) is 0 Å². The standard InChI is InChI=1S/C20H17ClF6N6S2/c21-14-8-6-13(7-9-14)16(31-33-18(35)29-11-20(25,26)27)15(12-4-2-1-3-5-12)30-32-17(34)28-10-19(22,23)24/h1-9H,10-11H2,(H2,28,32,34)(H2,29,33,35)/b30-15+,31-16+. The second-order valence-corrected chi connectivity index (χ2v) is 7.87. The Morgan fingerprint density at radius 1 is 0.686 bits per heavy atom. The van der Waals surface area contributed by atoms with Gasteiger partial charge in [-0.3, -0.25) is 10.9 Å². The van der Waals surface area contributed by atoms with Crippen molar-refractivity contribution in [3.05, 3.63) is 70.7 Å². The number of hydrogen-bond acceptors (Lipinski definition) is 4. The average molecular weight is 555 g/mol.